The summed E-state index contributed by atoms with van der Waals surface area (Å²) in [5.41, 5.74) is 0.163. The van der Waals surface area contributed by atoms with E-state index in [-0.39, 0.29) is 6.54 Å². The Kier molecular flexibility index (Phi) is 4.42. The Morgan fingerprint density at radius 2 is 2.14 bits per heavy atom. The molecular formula is C13H16ClN5O2. The Morgan fingerprint density at radius 1 is 1.38 bits per heavy atom. The van der Waals surface area contributed by atoms with Gasteiger partial charge in [-0.25, -0.2) is 19.4 Å². The Morgan fingerprint density at radius 3 is 2.76 bits per heavy atom. The highest BCUT2D eigenvalue weighted by Gasteiger charge is 2.16. The first-order valence-corrected chi connectivity index (χ1v) is 6.70. The minimum absolute atomic E-state index is 0.192. The molecule has 2 heterocycles. The molecule has 0 fully saturated rings. The van der Waals surface area contributed by atoms with Crippen molar-refractivity contribution in [3.63, 3.8) is 0 Å². The number of carbonyl (C=O) groups is 1. The Bertz CT molecular complexity index is 618. The van der Waals surface area contributed by atoms with Gasteiger partial charge in [0.25, 0.3) is 0 Å². The van der Waals surface area contributed by atoms with Gasteiger partial charge in [0.1, 0.15) is 17.1 Å². The number of hydrogen-bond acceptors (Lipinski definition) is 5. The van der Waals surface area contributed by atoms with E-state index in [4.69, 9.17) is 16.3 Å². The minimum atomic E-state index is -0.544. The molecule has 0 aliphatic carbocycles. The van der Waals surface area contributed by atoms with E-state index in [2.05, 4.69) is 20.4 Å². The van der Waals surface area contributed by atoms with E-state index in [1.54, 1.807) is 43.8 Å². The van der Waals surface area contributed by atoms with Crippen LogP contribution in [0.25, 0.3) is 5.69 Å². The summed E-state index contributed by atoms with van der Waals surface area (Å²) < 4.78 is 6.73. The molecule has 8 heteroatoms. The first kappa shape index (κ1) is 15.2. The number of rotatable bonds is 3. The number of aromatic nitrogens is 4. The largest absolute Gasteiger partial charge is 0.444 e. The maximum atomic E-state index is 11.6. The van der Waals surface area contributed by atoms with Gasteiger partial charge in [0.15, 0.2) is 5.82 Å². The van der Waals surface area contributed by atoms with Gasteiger partial charge >= 0.3 is 6.09 Å². The van der Waals surface area contributed by atoms with Crippen LogP contribution in [-0.2, 0) is 11.3 Å². The first-order chi connectivity index (χ1) is 9.85. The summed E-state index contributed by atoms with van der Waals surface area (Å²) in [7, 11) is 0. The summed E-state index contributed by atoms with van der Waals surface area (Å²) in [5.74, 6) is 0.560. The zero-order chi connectivity index (χ0) is 15.5. The summed E-state index contributed by atoms with van der Waals surface area (Å²) >= 11 is 5.75. The standard InChI is InChI=1S/C13H16ClN5O2/c1-13(2,3)21-12(20)16-7-11-17-8-18-19(11)9-4-5-10(14)15-6-9/h4-6,8H,7H2,1-3H3,(H,16,20). The van der Waals surface area contributed by atoms with Crippen LogP contribution in [0.1, 0.15) is 26.6 Å². The predicted molar refractivity (Wildman–Crippen MR) is 77.2 cm³/mol. The van der Waals surface area contributed by atoms with Crippen molar-refractivity contribution in [1.82, 2.24) is 25.1 Å². The average Bonchev–Trinajstić information content (AvgIpc) is 2.83. The van der Waals surface area contributed by atoms with Crippen LogP contribution >= 0.6 is 11.6 Å². The molecule has 2 aromatic heterocycles. The molecule has 2 aromatic rings. The summed E-state index contributed by atoms with van der Waals surface area (Å²) in [6, 6.07) is 3.42. The second-order valence-corrected chi connectivity index (χ2v) is 5.67. The molecule has 0 aliphatic heterocycles. The third-order valence-electron chi connectivity index (χ3n) is 2.36. The van der Waals surface area contributed by atoms with E-state index in [9.17, 15) is 4.79 Å². The lowest BCUT2D eigenvalue weighted by Gasteiger charge is -2.19. The Hall–Kier alpha value is -2.15. The third kappa shape index (κ3) is 4.42. The molecule has 1 amide bonds. The maximum Gasteiger partial charge on any atom is 0.408 e. The lowest BCUT2D eigenvalue weighted by Crippen LogP contribution is -2.32. The van der Waals surface area contributed by atoms with Crippen LogP contribution in [0, 0.1) is 0 Å². The Balaban J connectivity index is 2.04. The van der Waals surface area contributed by atoms with Crippen LogP contribution < -0.4 is 5.32 Å². The molecule has 0 bridgehead atoms. The third-order valence-corrected chi connectivity index (χ3v) is 2.59. The summed E-state index contributed by atoms with van der Waals surface area (Å²) in [6.07, 6.45) is 2.47. The van der Waals surface area contributed by atoms with Gasteiger partial charge < -0.3 is 10.1 Å². The van der Waals surface area contributed by atoms with Crippen LogP contribution in [0.4, 0.5) is 4.79 Å². The molecule has 0 saturated heterocycles. The van der Waals surface area contributed by atoms with Crippen LogP contribution in [0.15, 0.2) is 24.7 Å². The number of pyridine rings is 1. The maximum absolute atomic E-state index is 11.6. The van der Waals surface area contributed by atoms with Crippen molar-refractivity contribution in [2.45, 2.75) is 32.9 Å². The van der Waals surface area contributed by atoms with Gasteiger partial charge in [-0.2, -0.15) is 5.10 Å². The molecule has 0 aliphatic rings. The number of ether oxygens (including phenoxy) is 1. The van der Waals surface area contributed by atoms with Crippen LogP contribution in [-0.4, -0.2) is 31.4 Å². The van der Waals surface area contributed by atoms with Gasteiger partial charge in [-0.05, 0) is 32.9 Å². The SMILES string of the molecule is CC(C)(C)OC(=O)NCc1ncnn1-c1ccc(Cl)nc1. The smallest absolute Gasteiger partial charge is 0.408 e. The summed E-state index contributed by atoms with van der Waals surface area (Å²) in [6.45, 7) is 5.59. The van der Waals surface area contributed by atoms with E-state index >= 15 is 0 Å². The lowest BCUT2D eigenvalue weighted by molar-refractivity contribution is 0.0522. The van der Waals surface area contributed by atoms with E-state index in [0.29, 0.717) is 16.7 Å². The zero-order valence-corrected chi connectivity index (χ0v) is 12.8. The molecule has 112 valence electrons. The number of carbonyl (C=O) groups excluding carboxylic acids is 1. The number of nitrogens with one attached hydrogen (secondary N) is 1. The number of amides is 1. The quantitative estimate of drug-likeness (QED) is 0.880. The molecule has 0 atom stereocenters. The molecule has 0 saturated carbocycles. The fraction of sp³-hybridized carbons (Fsp3) is 0.385. The van der Waals surface area contributed by atoms with E-state index in [0.717, 1.165) is 0 Å². The van der Waals surface area contributed by atoms with Crippen molar-refractivity contribution in [1.29, 1.82) is 0 Å². The van der Waals surface area contributed by atoms with Gasteiger partial charge in [-0.3, -0.25) is 0 Å². The predicted octanol–water partition coefficient (Wildman–Crippen LogP) is 2.34. The van der Waals surface area contributed by atoms with Gasteiger partial charge in [0.2, 0.25) is 0 Å². The van der Waals surface area contributed by atoms with Crippen molar-refractivity contribution in [2.24, 2.45) is 0 Å². The van der Waals surface area contributed by atoms with Crippen molar-refractivity contribution in [3.05, 3.63) is 35.6 Å². The highest BCUT2D eigenvalue weighted by molar-refractivity contribution is 6.29. The Labute approximate surface area is 127 Å². The normalized spacial score (nSPS) is 11.2. The number of halogens is 1. The van der Waals surface area contributed by atoms with Gasteiger partial charge in [-0.15, -0.1) is 0 Å². The number of hydrogen-bond donors (Lipinski definition) is 1. The van der Waals surface area contributed by atoms with Crippen molar-refractivity contribution in [3.8, 4) is 5.69 Å². The van der Waals surface area contributed by atoms with Crippen molar-refractivity contribution >= 4 is 17.7 Å². The molecule has 21 heavy (non-hydrogen) atoms. The average molecular weight is 310 g/mol. The van der Waals surface area contributed by atoms with Gasteiger partial charge in [0, 0.05) is 0 Å². The fourth-order valence-corrected chi connectivity index (χ4v) is 1.67. The van der Waals surface area contributed by atoms with Crippen molar-refractivity contribution in [2.75, 3.05) is 0 Å². The zero-order valence-electron chi connectivity index (χ0n) is 12.0. The molecule has 1 N–H and O–H groups in total. The molecule has 2 rings (SSSR count). The minimum Gasteiger partial charge on any atom is -0.444 e. The summed E-state index contributed by atoms with van der Waals surface area (Å²) in [4.78, 5) is 19.7. The monoisotopic (exact) mass is 309 g/mol. The second-order valence-electron chi connectivity index (χ2n) is 5.28. The molecule has 0 aromatic carbocycles. The topological polar surface area (TPSA) is 81.9 Å². The molecule has 0 spiro atoms. The van der Waals surface area contributed by atoms with E-state index < -0.39 is 11.7 Å². The lowest BCUT2D eigenvalue weighted by atomic mass is 10.2. The highest BCUT2D eigenvalue weighted by Crippen LogP contribution is 2.11. The first-order valence-electron chi connectivity index (χ1n) is 6.33. The molecular weight excluding hydrogens is 294 g/mol. The van der Waals surface area contributed by atoms with E-state index in [1.165, 1.54) is 6.33 Å². The fourth-order valence-electron chi connectivity index (χ4n) is 1.56. The van der Waals surface area contributed by atoms with Crippen LogP contribution in [0.2, 0.25) is 5.15 Å². The molecule has 0 radical (unpaired) electrons. The number of alkyl carbamates (subject to hydrolysis) is 1. The van der Waals surface area contributed by atoms with E-state index in [1.807, 2.05) is 0 Å². The molecule has 0 unspecified atom stereocenters. The van der Waals surface area contributed by atoms with Crippen LogP contribution in [0.3, 0.4) is 0 Å². The van der Waals surface area contributed by atoms with Gasteiger partial charge in [-0.1, -0.05) is 11.6 Å². The van der Waals surface area contributed by atoms with Crippen LogP contribution in [0.5, 0.6) is 0 Å². The highest BCUT2D eigenvalue weighted by atomic mass is 35.5. The summed E-state index contributed by atoms with van der Waals surface area (Å²) in [5, 5.41) is 7.13. The van der Waals surface area contributed by atoms with Crippen molar-refractivity contribution < 1.29 is 9.53 Å². The number of nitrogens with zero attached hydrogens (tertiary/aromatic N) is 4. The molecule has 7 nitrogen and oxygen atoms in total. The second kappa shape index (κ2) is 6.09. The van der Waals surface area contributed by atoms with Gasteiger partial charge in [0.05, 0.1) is 18.4 Å².